The van der Waals surface area contributed by atoms with E-state index in [0.29, 0.717) is 22.5 Å². The summed E-state index contributed by atoms with van der Waals surface area (Å²) < 4.78 is 49.1. The van der Waals surface area contributed by atoms with Crippen LogP contribution in [0.4, 0.5) is 0 Å². The molecule has 1 aromatic heterocycles. The van der Waals surface area contributed by atoms with E-state index in [9.17, 15) is 22.8 Å². The molecular formula is C30H31N5O8S. The number of rotatable bonds is 3. The number of benzene rings is 3. The summed E-state index contributed by atoms with van der Waals surface area (Å²) in [4.78, 5) is 38.3. The number of carbonyl (C=O) groups is 2. The highest BCUT2D eigenvalue weighted by Crippen LogP contribution is 2.30. The van der Waals surface area contributed by atoms with E-state index < -0.39 is 28.1 Å². The molecule has 4 bridgehead atoms. The van der Waals surface area contributed by atoms with Gasteiger partial charge in [0.2, 0.25) is 10.0 Å². The number of aromatic nitrogens is 2. The fourth-order valence-electron chi connectivity index (χ4n) is 5.43. The highest BCUT2D eigenvalue weighted by atomic mass is 32.2. The number of amides is 2. The highest BCUT2D eigenvalue weighted by Gasteiger charge is 2.42. The molecule has 230 valence electrons. The van der Waals surface area contributed by atoms with Crippen LogP contribution in [0.15, 0.2) is 70.4 Å². The molecule has 13 nitrogen and oxygen atoms in total. The van der Waals surface area contributed by atoms with E-state index in [2.05, 4.69) is 10.6 Å². The van der Waals surface area contributed by atoms with E-state index in [0.717, 1.165) is 5.56 Å². The second kappa shape index (κ2) is 11.4. The normalized spacial score (nSPS) is 19.4. The van der Waals surface area contributed by atoms with Crippen LogP contribution in [-0.2, 0) is 35.5 Å². The second-order valence-corrected chi connectivity index (χ2v) is 12.6. The first-order chi connectivity index (χ1) is 21.0. The standard InChI is InChI=1S/C30H31N5O8S/c1-33-23-10-9-21(13-24(23)34(2)30(33)38)44(39,40)35-15-22-27(16-35)43-20-7-4-18(5-8-20)14-31-28(36)17-42-26-12-19(29(37)32-22)6-11-25(26)41-3/h4-13,22,27H,14-17H2,1-3H3,(H,31,36)(H,32,37)/t22-,27-/m0/s1. The molecule has 4 aromatic rings. The van der Waals surface area contributed by atoms with E-state index >= 15 is 0 Å². The first-order valence-electron chi connectivity index (χ1n) is 13.8. The van der Waals surface area contributed by atoms with Crippen molar-refractivity contribution in [1.82, 2.24) is 24.1 Å². The number of methoxy groups -OCH3 is 1. The third kappa shape index (κ3) is 5.37. The molecule has 3 aromatic carbocycles. The molecule has 1 fully saturated rings. The average Bonchev–Trinajstić information content (AvgIpc) is 3.52. The predicted octanol–water partition coefficient (Wildman–Crippen LogP) is 1.14. The predicted molar refractivity (Wildman–Crippen MR) is 159 cm³/mol. The molecule has 0 saturated carbocycles. The number of hydrogen-bond donors (Lipinski definition) is 2. The van der Waals surface area contributed by atoms with Gasteiger partial charge in [-0.15, -0.1) is 0 Å². The van der Waals surface area contributed by atoms with Gasteiger partial charge in [-0.1, -0.05) is 12.1 Å². The van der Waals surface area contributed by atoms with Gasteiger partial charge in [-0.3, -0.25) is 18.7 Å². The molecule has 4 heterocycles. The quantitative estimate of drug-likeness (QED) is 0.346. The zero-order valence-corrected chi connectivity index (χ0v) is 25.1. The molecule has 2 N–H and O–H groups in total. The summed E-state index contributed by atoms with van der Waals surface area (Å²) in [6.07, 6.45) is -0.728. The minimum atomic E-state index is -4.04. The van der Waals surface area contributed by atoms with Gasteiger partial charge < -0.3 is 24.8 Å². The number of carbonyl (C=O) groups excluding carboxylic acids is 2. The lowest BCUT2D eigenvalue weighted by Crippen LogP contribution is -2.45. The molecule has 3 aliphatic rings. The van der Waals surface area contributed by atoms with Gasteiger partial charge >= 0.3 is 5.69 Å². The van der Waals surface area contributed by atoms with Crippen LogP contribution in [0.25, 0.3) is 11.0 Å². The van der Waals surface area contributed by atoms with Gasteiger partial charge in [0.15, 0.2) is 18.1 Å². The Balaban J connectivity index is 1.34. The first-order valence-corrected chi connectivity index (χ1v) is 15.3. The van der Waals surface area contributed by atoms with E-state index in [1.807, 2.05) is 0 Å². The zero-order chi connectivity index (χ0) is 31.2. The summed E-state index contributed by atoms with van der Waals surface area (Å²) in [6.45, 7) is -0.119. The van der Waals surface area contributed by atoms with Crippen molar-refractivity contribution in [2.45, 2.75) is 23.6 Å². The zero-order valence-electron chi connectivity index (χ0n) is 24.3. The van der Waals surface area contributed by atoms with Crippen LogP contribution in [0.1, 0.15) is 15.9 Å². The number of aryl methyl sites for hydroxylation is 2. The SMILES string of the molecule is COc1ccc2cc1OCC(=O)NCc1ccc(cc1)O[C@H]1CN(S(=O)(=O)c3ccc4c(c3)n(C)c(=O)n4C)C[C@@H]1NC2=O. The van der Waals surface area contributed by atoms with E-state index in [1.54, 1.807) is 56.6 Å². The molecule has 0 radical (unpaired) electrons. The van der Waals surface area contributed by atoms with Crippen LogP contribution in [0.5, 0.6) is 17.2 Å². The van der Waals surface area contributed by atoms with Gasteiger partial charge in [0.1, 0.15) is 11.9 Å². The van der Waals surface area contributed by atoms with Gasteiger partial charge in [0.25, 0.3) is 11.8 Å². The Labute approximate surface area is 253 Å². The molecule has 7 rings (SSSR count). The van der Waals surface area contributed by atoms with Crippen molar-refractivity contribution in [3.63, 3.8) is 0 Å². The van der Waals surface area contributed by atoms with Crippen LogP contribution >= 0.6 is 0 Å². The molecule has 0 aliphatic carbocycles. The molecule has 14 heteroatoms. The Bertz CT molecular complexity index is 1930. The van der Waals surface area contributed by atoms with E-state index in [-0.39, 0.29) is 54.0 Å². The Morgan fingerprint density at radius 1 is 0.909 bits per heavy atom. The van der Waals surface area contributed by atoms with Gasteiger partial charge in [-0.2, -0.15) is 4.31 Å². The lowest BCUT2D eigenvalue weighted by Gasteiger charge is -2.21. The lowest BCUT2D eigenvalue weighted by atomic mass is 10.1. The summed E-state index contributed by atoms with van der Waals surface area (Å²) in [5.41, 5.74) is 1.87. The number of hydrogen-bond acceptors (Lipinski definition) is 8. The van der Waals surface area contributed by atoms with Crippen molar-refractivity contribution < 1.29 is 32.2 Å². The summed E-state index contributed by atoms with van der Waals surface area (Å²) in [5.74, 6) is 0.187. The fraction of sp³-hybridized carbons (Fsp3) is 0.300. The van der Waals surface area contributed by atoms with E-state index in [4.69, 9.17) is 14.2 Å². The van der Waals surface area contributed by atoms with Crippen molar-refractivity contribution >= 4 is 32.9 Å². The Hall–Kier alpha value is -4.82. The largest absolute Gasteiger partial charge is 0.493 e. The second-order valence-electron chi connectivity index (χ2n) is 10.7. The minimum Gasteiger partial charge on any atom is -0.493 e. The fourth-order valence-corrected chi connectivity index (χ4v) is 6.93. The number of sulfonamides is 1. The molecule has 0 spiro atoms. The number of fused-ring (bicyclic) bond motifs is 8. The van der Waals surface area contributed by atoms with Crippen LogP contribution in [-0.4, -0.2) is 72.6 Å². The van der Waals surface area contributed by atoms with Crippen molar-refractivity contribution in [2.75, 3.05) is 26.8 Å². The number of ether oxygens (including phenoxy) is 3. The number of imidazole rings is 1. The van der Waals surface area contributed by atoms with E-state index in [1.165, 1.54) is 38.7 Å². The molecule has 2 atom stereocenters. The smallest absolute Gasteiger partial charge is 0.328 e. The average molecular weight is 622 g/mol. The maximum absolute atomic E-state index is 13.9. The maximum atomic E-state index is 13.9. The third-order valence-electron chi connectivity index (χ3n) is 7.92. The van der Waals surface area contributed by atoms with Gasteiger partial charge in [0.05, 0.1) is 35.6 Å². The molecule has 2 amide bonds. The van der Waals surface area contributed by atoms with Gasteiger partial charge in [-0.05, 0) is 54.1 Å². The van der Waals surface area contributed by atoms with Crippen LogP contribution in [0.3, 0.4) is 0 Å². The van der Waals surface area contributed by atoms with Crippen LogP contribution < -0.4 is 30.5 Å². The van der Waals surface area contributed by atoms with Crippen molar-refractivity contribution in [1.29, 1.82) is 0 Å². The number of nitrogens with one attached hydrogen (secondary N) is 2. The highest BCUT2D eigenvalue weighted by molar-refractivity contribution is 7.89. The maximum Gasteiger partial charge on any atom is 0.328 e. The molecule has 44 heavy (non-hydrogen) atoms. The van der Waals surface area contributed by atoms with Crippen molar-refractivity contribution in [3.05, 3.63) is 82.3 Å². The van der Waals surface area contributed by atoms with Gasteiger partial charge in [0, 0.05) is 32.7 Å². The number of nitrogens with zero attached hydrogens (tertiary/aromatic N) is 3. The molecule has 0 unspecified atom stereocenters. The summed E-state index contributed by atoms with van der Waals surface area (Å²) >= 11 is 0. The molecule has 1 saturated heterocycles. The summed E-state index contributed by atoms with van der Waals surface area (Å²) in [5, 5.41) is 5.71. The summed E-state index contributed by atoms with van der Waals surface area (Å²) in [6, 6.07) is 15.4. The Morgan fingerprint density at radius 3 is 2.41 bits per heavy atom. The topological polar surface area (TPSA) is 150 Å². The van der Waals surface area contributed by atoms with Gasteiger partial charge in [-0.25, -0.2) is 13.2 Å². The van der Waals surface area contributed by atoms with Crippen LogP contribution in [0, 0.1) is 0 Å². The minimum absolute atomic E-state index is 0.0229. The monoisotopic (exact) mass is 621 g/mol. The van der Waals surface area contributed by atoms with Crippen molar-refractivity contribution in [2.24, 2.45) is 14.1 Å². The van der Waals surface area contributed by atoms with Crippen molar-refractivity contribution in [3.8, 4) is 17.2 Å². The Morgan fingerprint density at radius 2 is 1.66 bits per heavy atom. The third-order valence-corrected chi connectivity index (χ3v) is 9.74. The summed E-state index contributed by atoms with van der Waals surface area (Å²) in [7, 11) is 0.624. The lowest BCUT2D eigenvalue weighted by molar-refractivity contribution is -0.123. The molecule has 3 aliphatic heterocycles. The Kier molecular flexibility index (Phi) is 7.55. The molecular weight excluding hydrogens is 590 g/mol. The first kappa shape index (κ1) is 29.3. The van der Waals surface area contributed by atoms with Crippen LogP contribution in [0.2, 0.25) is 0 Å².